The van der Waals surface area contributed by atoms with Crippen molar-refractivity contribution >= 4 is 10.9 Å². The Labute approximate surface area is 130 Å². The number of aromatic nitrogens is 1. The first kappa shape index (κ1) is 13.7. The molecule has 1 unspecified atom stereocenters. The molecule has 4 heteroatoms. The van der Waals surface area contributed by atoms with E-state index < -0.39 is 0 Å². The summed E-state index contributed by atoms with van der Waals surface area (Å²) in [5.74, 6) is 1.74. The summed E-state index contributed by atoms with van der Waals surface area (Å²) in [7, 11) is 0. The minimum absolute atomic E-state index is 0.101. The van der Waals surface area contributed by atoms with Gasteiger partial charge in [-0.1, -0.05) is 18.6 Å². The van der Waals surface area contributed by atoms with Gasteiger partial charge in [0.05, 0.1) is 0 Å². The van der Waals surface area contributed by atoms with Crippen LogP contribution in [-0.4, -0.2) is 42.2 Å². The van der Waals surface area contributed by atoms with Crippen molar-refractivity contribution in [3.8, 4) is 11.5 Å². The molecular formula is C18H22N2O2. The normalized spacial score (nSPS) is 21.9. The van der Waals surface area contributed by atoms with Gasteiger partial charge in [-0.3, -0.25) is 4.90 Å². The Morgan fingerprint density at radius 2 is 2.27 bits per heavy atom. The van der Waals surface area contributed by atoms with Gasteiger partial charge in [0.1, 0.15) is 12.7 Å². The van der Waals surface area contributed by atoms with E-state index in [1.54, 1.807) is 5.57 Å². The van der Waals surface area contributed by atoms with Crippen LogP contribution in [0.15, 0.2) is 36.0 Å². The highest BCUT2D eigenvalue weighted by Crippen LogP contribution is 2.38. The molecule has 1 aromatic heterocycles. The van der Waals surface area contributed by atoms with Crippen LogP contribution in [0.25, 0.3) is 10.9 Å². The van der Waals surface area contributed by atoms with Crippen LogP contribution in [-0.2, 0) is 0 Å². The van der Waals surface area contributed by atoms with Crippen LogP contribution in [0, 0.1) is 0 Å². The third kappa shape index (κ3) is 2.48. The largest absolute Gasteiger partial charge is 0.486 e. The summed E-state index contributed by atoms with van der Waals surface area (Å²) in [4.78, 5) is 5.68. The molecular weight excluding hydrogens is 276 g/mol. The lowest BCUT2D eigenvalue weighted by molar-refractivity contribution is 0.0625. The van der Waals surface area contributed by atoms with Gasteiger partial charge in [0.2, 0.25) is 0 Å². The highest BCUT2D eigenvalue weighted by molar-refractivity contribution is 5.88. The van der Waals surface area contributed by atoms with Gasteiger partial charge in [-0.25, -0.2) is 0 Å². The fourth-order valence-electron chi connectivity index (χ4n) is 3.32. The second-order valence-electron chi connectivity index (χ2n) is 6.11. The molecule has 1 atom stereocenters. The van der Waals surface area contributed by atoms with Crippen LogP contribution in [0.1, 0.15) is 19.8 Å². The molecule has 116 valence electrons. The third-order valence-electron chi connectivity index (χ3n) is 4.66. The molecule has 0 amide bonds. The zero-order valence-electron chi connectivity index (χ0n) is 13.0. The van der Waals surface area contributed by atoms with Crippen LogP contribution in [0.4, 0.5) is 0 Å². The minimum atomic E-state index is 0.101. The highest BCUT2D eigenvalue weighted by atomic mass is 16.6. The number of H-pyrrole nitrogens is 1. The summed E-state index contributed by atoms with van der Waals surface area (Å²) in [6.07, 6.45) is 6.77. The van der Waals surface area contributed by atoms with Gasteiger partial charge in [-0.05, 0) is 31.0 Å². The van der Waals surface area contributed by atoms with Gasteiger partial charge in [0.15, 0.2) is 11.5 Å². The molecule has 2 aliphatic rings. The minimum Gasteiger partial charge on any atom is -0.486 e. The van der Waals surface area contributed by atoms with Crippen molar-refractivity contribution in [3.63, 3.8) is 0 Å². The topological polar surface area (TPSA) is 37.5 Å². The predicted molar refractivity (Wildman–Crippen MR) is 87.6 cm³/mol. The molecule has 0 spiro atoms. The molecule has 3 heterocycles. The highest BCUT2D eigenvalue weighted by Gasteiger charge is 2.25. The van der Waals surface area contributed by atoms with Crippen LogP contribution < -0.4 is 9.47 Å². The van der Waals surface area contributed by atoms with E-state index in [1.165, 1.54) is 12.8 Å². The molecule has 0 bridgehead atoms. The Bertz CT molecular complexity index is 704. The average molecular weight is 298 g/mol. The average Bonchev–Trinajstić information content (AvgIpc) is 3.05. The summed E-state index contributed by atoms with van der Waals surface area (Å²) < 4.78 is 12.2. The fourth-order valence-corrected chi connectivity index (χ4v) is 3.32. The van der Waals surface area contributed by atoms with E-state index in [4.69, 9.17) is 9.47 Å². The first-order valence-corrected chi connectivity index (χ1v) is 8.13. The van der Waals surface area contributed by atoms with Crippen LogP contribution in [0.3, 0.4) is 0 Å². The van der Waals surface area contributed by atoms with Crippen LogP contribution in [0.5, 0.6) is 11.5 Å². The van der Waals surface area contributed by atoms with E-state index in [0.717, 1.165) is 42.0 Å². The van der Waals surface area contributed by atoms with Gasteiger partial charge >= 0.3 is 0 Å². The lowest BCUT2D eigenvalue weighted by atomic mass is 10.1. The number of nitrogens with one attached hydrogen (secondary N) is 1. The maximum absolute atomic E-state index is 6.25. The maximum Gasteiger partial charge on any atom is 0.171 e. The smallest absolute Gasteiger partial charge is 0.171 e. The second-order valence-corrected chi connectivity index (χ2v) is 6.11. The summed E-state index contributed by atoms with van der Waals surface area (Å²) in [5.41, 5.74) is 2.67. The zero-order valence-corrected chi connectivity index (χ0v) is 13.0. The number of fused-ring (bicyclic) bond motifs is 3. The molecule has 2 aliphatic heterocycles. The Morgan fingerprint density at radius 1 is 1.32 bits per heavy atom. The lowest BCUT2D eigenvalue weighted by Crippen LogP contribution is -2.42. The number of hydrogen-bond acceptors (Lipinski definition) is 3. The van der Waals surface area contributed by atoms with Crippen molar-refractivity contribution in [1.82, 2.24) is 9.88 Å². The quantitative estimate of drug-likeness (QED) is 0.883. The molecule has 2 aromatic rings. The molecule has 22 heavy (non-hydrogen) atoms. The second kappa shape index (κ2) is 5.69. The van der Waals surface area contributed by atoms with Gasteiger partial charge in [0, 0.05) is 36.7 Å². The fraction of sp³-hybridized carbons (Fsp3) is 0.444. The van der Waals surface area contributed by atoms with Crippen molar-refractivity contribution in [1.29, 1.82) is 0 Å². The van der Waals surface area contributed by atoms with Crippen molar-refractivity contribution in [2.24, 2.45) is 0 Å². The van der Waals surface area contributed by atoms with Crippen LogP contribution in [0.2, 0.25) is 0 Å². The number of benzene rings is 1. The van der Waals surface area contributed by atoms with Gasteiger partial charge < -0.3 is 14.5 Å². The van der Waals surface area contributed by atoms with Gasteiger partial charge in [-0.15, -0.1) is 0 Å². The molecule has 0 saturated heterocycles. The van der Waals surface area contributed by atoms with E-state index in [2.05, 4.69) is 29.0 Å². The van der Waals surface area contributed by atoms with Crippen molar-refractivity contribution < 1.29 is 9.47 Å². The Kier molecular flexibility index (Phi) is 3.54. The van der Waals surface area contributed by atoms with E-state index in [9.17, 15) is 0 Å². The molecule has 0 radical (unpaired) electrons. The monoisotopic (exact) mass is 298 g/mol. The summed E-state index contributed by atoms with van der Waals surface area (Å²) in [5, 5.41) is 1.11. The van der Waals surface area contributed by atoms with E-state index in [0.29, 0.717) is 6.61 Å². The first-order chi connectivity index (χ1) is 10.8. The Hall–Kier alpha value is -1.94. The lowest BCUT2D eigenvalue weighted by Gasteiger charge is -2.33. The van der Waals surface area contributed by atoms with Crippen molar-refractivity contribution in [2.45, 2.75) is 25.9 Å². The maximum atomic E-state index is 6.25. The summed E-state index contributed by atoms with van der Waals surface area (Å²) >= 11 is 0. The first-order valence-electron chi connectivity index (χ1n) is 8.13. The number of rotatable bonds is 3. The molecule has 4 rings (SSSR count). The number of nitrogens with zero attached hydrogens (tertiary/aromatic N) is 1. The Balaban J connectivity index is 1.48. The van der Waals surface area contributed by atoms with Crippen molar-refractivity contribution in [2.75, 3.05) is 26.2 Å². The SMILES string of the molecule is CCC1=CCN(CC2COc3ccc4[nH]ccc4c3O2)CC1. The van der Waals surface area contributed by atoms with Crippen molar-refractivity contribution in [3.05, 3.63) is 36.0 Å². The molecule has 4 nitrogen and oxygen atoms in total. The van der Waals surface area contributed by atoms with Crippen LogP contribution >= 0.6 is 0 Å². The van der Waals surface area contributed by atoms with Gasteiger partial charge in [-0.2, -0.15) is 0 Å². The number of ether oxygens (including phenoxy) is 2. The van der Waals surface area contributed by atoms with E-state index in [-0.39, 0.29) is 6.10 Å². The molecule has 1 N–H and O–H groups in total. The molecule has 0 fully saturated rings. The molecule has 0 aliphatic carbocycles. The van der Waals surface area contributed by atoms with E-state index >= 15 is 0 Å². The zero-order chi connectivity index (χ0) is 14.9. The summed E-state index contributed by atoms with van der Waals surface area (Å²) in [6, 6.07) is 6.08. The predicted octanol–water partition coefficient (Wildman–Crippen LogP) is 3.35. The number of aromatic amines is 1. The van der Waals surface area contributed by atoms with E-state index in [1.807, 2.05) is 18.3 Å². The standard InChI is InChI=1S/C18H22N2O2/c1-2-13-6-9-20(10-7-13)11-14-12-21-17-4-3-16-15(5-8-19-16)18(17)22-14/h3-6,8,14,19H,2,7,9-12H2,1H3. The Morgan fingerprint density at radius 3 is 3.09 bits per heavy atom. The third-order valence-corrected chi connectivity index (χ3v) is 4.66. The molecule has 1 aromatic carbocycles. The number of hydrogen-bond donors (Lipinski definition) is 1. The summed E-state index contributed by atoms with van der Waals surface area (Å²) in [6.45, 7) is 5.95. The van der Waals surface area contributed by atoms with Gasteiger partial charge in [0.25, 0.3) is 0 Å². The molecule has 0 saturated carbocycles.